The topological polar surface area (TPSA) is 51.2 Å². The molecule has 0 N–H and O–H groups in total. The first-order valence-electron chi connectivity index (χ1n) is 3.89. The first-order valence-corrected chi connectivity index (χ1v) is 6.40. The maximum atomic E-state index is 11.0. The molecule has 1 aromatic carbocycles. The van der Waals surface area contributed by atoms with Gasteiger partial charge < -0.3 is 0 Å². The van der Waals surface area contributed by atoms with E-state index in [1.165, 1.54) is 0 Å². The van der Waals surface area contributed by atoms with E-state index in [4.69, 9.17) is 0 Å². The van der Waals surface area contributed by atoms with E-state index in [0.29, 0.717) is 11.1 Å². The van der Waals surface area contributed by atoms with E-state index in [0.717, 1.165) is 6.26 Å². The Morgan fingerprint density at radius 1 is 1.36 bits per heavy atom. The highest BCUT2D eigenvalue weighted by molar-refractivity contribution is 7.97. The Morgan fingerprint density at radius 3 is 2.43 bits per heavy atom. The van der Waals surface area contributed by atoms with E-state index in [1.54, 1.807) is 24.3 Å². The third-order valence-electron chi connectivity index (χ3n) is 1.67. The molecule has 14 heavy (non-hydrogen) atoms. The van der Waals surface area contributed by atoms with Crippen LogP contribution in [0.1, 0.15) is 15.9 Å². The van der Waals surface area contributed by atoms with Gasteiger partial charge in [0.2, 0.25) is 5.12 Å². The van der Waals surface area contributed by atoms with E-state index >= 15 is 0 Å². The lowest BCUT2D eigenvalue weighted by Crippen LogP contribution is -2.05. The number of rotatable bonds is 3. The van der Waals surface area contributed by atoms with Gasteiger partial charge in [-0.05, 0) is 5.56 Å². The summed E-state index contributed by atoms with van der Waals surface area (Å²) in [7, 11) is -3.12. The molecule has 0 heterocycles. The van der Waals surface area contributed by atoms with E-state index in [2.05, 4.69) is 12.6 Å². The van der Waals surface area contributed by atoms with Crippen LogP contribution in [0.4, 0.5) is 0 Å². The summed E-state index contributed by atoms with van der Waals surface area (Å²) in [5, 5.41) is -0.413. The molecule has 0 unspecified atom stereocenters. The number of thiol groups is 1. The largest absolute Gasteiger partial charge is 0.282 e. The zero-order valence-electron chi connectivity index (χ0n) is 7.60. The average molecular weight is 230 g/mol. The van der Waals surface area contributed by atoms with Crippen molar-refractivity contribution in [3.05, 3.63) is 35.4 Å². The van der Waals surface area contributed by atoms with Gasteiger partial charge in [0.1, 0.15) is 0 Å². The second-order valence-corrected chi connectivity index (χ2v) is 5.58. The van der Waals surface area contributed by atoms with Crippen molar-refractivity contribution in [1.82, 2.24) is 0 Å². The minimum absolute atomic E-state index is 0.129. The Bertz CT molecular complexity index is 449. The average Bonchev–Trinajstić information content (AvgIpc) is 2.01. The molecular weight excluding hydrogens is 220 g/mol. The quantitative estimate of drug-likeness (QED) is 0.796. The molecule has 0 spiro atoms. The minimum atomic E-state index is -3.12. The summed E-state index contributed by atoms with van der Waals surface area (Å²) >= 11 is 3.67. The molecule has 0 aliphatic heterocycles. The van der Waals surface area contributed by atoms with Gasteiger partial charge in [-0.1, -0.05) is 24.3 Å². The van der Waals surface area contributed by atoms with Crippen molar-refractivity contribution in [1.29, 1.82) is 0 Å². The highest BCUT2D eigenvalue weighted by Crippen LogP contribution is 2.13. The van der Waals surface area contributed by atoms with Crippen molar-refractivity contribution in [3.63, 3.8) is 0 Å². The first kappa shape index (κ1) is 11.3. The summed E-state index contributed by atoms with van der Waals surface area (Å²) in [5.41, 5.74) is 0.844. The van der Waals surface area contributed by atoms with Crippen LogP contribution < -0.4 is 0 Å². The van der Waals surface area contributed by atoms with E-state index in [9.17, 15) is 13.2 Å². The smallest absolute Gasteiger partial charge is 0.216 e. The van der Waals surface area contributed by atoms with Crippen molar-refractivity contribution in [2.24, 2.45) is 0 Å². The molecular formula is C9H10O3S2. The maximum Gasteiger partial charge on any atom is 0.216 e. The van der Waals surface area contributed by atoms with Crippen LogP contribution in [0.3, 0.4) is 0 Å². The van der Waals surface area contributed by atoms with Gasteiger partial charge in [-0.15, -0.1) is 12.6 Å². The standard InChI is InChI=1S/C9H10O3S2/c1-14(11,12)6-7-4-2-3-5-8(7)9(10)13/h2-5H,6H2,1H3,(H,10,13). The zero-order chi connectivity index (χ0) is 10.8. The Labute approximate surface area is 88.5 Å². The van der Waals surface area contributed by atoms with Crippen LogP contribution in [0.5, 0.6) is 0 Å². The van der Waals surface area contributed by atoms with Crippen LogP contribution in [0.15, 0.2) is 24.3 Å². The summed E-state index contributed by atoms with van der Waals surface area (Å²) in [4.78, 5) is 11.0. The van der Waals surface area contributed by atoms with Gasteiger partial charge in [-0.3, -0.25) is 4.79 Å². The number of carbonyl (C=O) groups excluding carboxylic acids is 1. The van der Waals surface area contributed by atoms with Gasteiger partial charge in [-0.25, -0.2) is 8.42 Å². The Hall–Kier alpha value is -0.810. The van der Waals surface area contributed by atoms with Crippen LogP contribution in [0.2, 0.25) is 0 Å². The zero-order valence-corrected chi connectivity index (χ0v) is 9.31. The summed E-state index contributed by atoms with van der Waals surface area (Å²) < 4.78 is 22.1. The molecule has 3 nitrogen and oxygen atoms in total. The number of carbonyl (C=O) groups is 1. The van der Waals surface area contributed by atoms with Gasteiger partial charge in [0, 0.05) is 11.8 Å². The monoisotopic (exact) mass is 230 g/mol. The van der Waals surface area contributed by atoms with Crippen molar-refractivity contribution in [2.75, 3.05) is 6.26 Å². The van der Waals surface area contributed by atoms with E-state index in [-0.39, 0.29) is 5.75 Å². The molecule has 76 valence electrons. The van der Waals surface area contributed by atoms with E-state index in [1.807, 2.05) is 0 Å². The van der Waals surface area contributed by atoms with Crippen LogP contribution in [0, 0.1) is 0 Å². The van der Waals surface area contributed by atoms with Crippen molar-refractivity contribution in [3.8, 4) is 0 Å². The molecule has 0 fully saturated rings. The van der Waals surface area contributed by atoms with Gasteiger partial charge in [0.25, 0.3) is 0 Å². The normalized spacial score (nSPS) is 11.3. The molecule has 0 saturated heterocycles. The summed E-state index contributed by atoms with van der Waals surface area (Å²) in [6.45, 7) is 0. The fourth-order valence-electron chi connectivity index (χ4n) is 1.14. The molecule has 0 saturated carbocycles. The minimum Gasteiger partial charge on any atom is -0.282 e. The molecule has 0 atom stereocenters. The molecule has 0 aliphatic carbocycles. The lowest BCUT2D eigenvalue weighted by molar-refractivity contribution is 0.109. The van der Waals surface area contributed by atoms with Gasteiger partial charge in [0.15, 0.2) is 9.84 Å². The van der Waals surface area contributed by atoms with Crippen LogP contribution in [-0.4, -0.2) is 19.8 Å². The van der Waals surface area contributed by atoms with Gasteiger partial charge in [-0.2, -0.15) is 0 Å². The highest BCUT2D eigenvalue weighted by Gasteiger charge is 2.11. The van der Waals surface area contributed by atoms with Crippen molar-refractivity contribution >= 4 is 27.6 Å². The highest BCUT2D eigenvalue weighted by atomic mass is 32.2. The molecule has 0 aromatic heterocycles. The molecule has 1 rings (SSSR count). The van der Waals surface area contributed by atoms with Crippen LogP contribution in [0.25, 0.3) is 0 Å². The molecule has 0 bridgehead atoms. The Morgan fingerprint density at radius 2 is 1.93 bits per heavy atom. The predicted molar refractivity (Wildman–Crippen MR) is 58.3 cm³/mol. The lowest BCUT2D eigenvalue weighted by Gasteiger charge is -2.03. The van der Waals surface area contributed by atoms with Gasteiger partial charge >= 0.3 is 0 Å². The predicted octanol–water partition coefficient (Wildman–Crippen LogP) is 1.30. The number of hydrogen-bond acceptors (Lipinski definition) is 3. The molecule has 0 radical (unpaired) electrons. The third kappa shape index (κ3) is 3.16. The van der Waals surface area contributed by atoms with Crippen molar-refractivity contribution in [2.45, 2.75) is 5.75 Å². The van der Waals surface area contributed by atoms with Gasteiger partial charge in [0.05, 0.1) is 5.75 Å². The summed E-state index contributed by atoms with van der Waals surface area (Å²) in [5.74, 6) is -0.129. The summed E-state index contributed by atoms with van der Waals surface area (Å²) in [6, 6.07) is 6.55. The van der Waals surface area contributed by atoms with Crippen molar-refractivity contribution < 1.29 is 13.2 Å². The lowest BCUT2D eigenvalue weighted by atomic mass is 10.1. The van der Waals surface area contributed by atoms with E-state index < -0.39 is 15.0 Å². The fraction of sp³-hybridized carbons (Fsp3) is 0.222. The fourth-order valence-corrected chi connectivity index (χ4v) is 2.17. The second kappa shape index (κ2) is 4.14. The Balaban J connectivity index is 3.15. The molecule has 0 aliphatic rings. The van der Waals surface area contributed by atoms with Crippen LogP contribution >= 0.6 is 12.6 Å². The Kier molecular flexibility index (Phi) is 3.34. The van der Waals surface area contributed by atoms with Crippen LogP contribution in [-0.2, 0) is 15.6 Å². The number of hydrogen-bond donors (Lipinski definition) is 1. The number of benzene rings is 1. The molecule has 1 aromatic rings. The summed E-state index contributed by atoms with van der Waals surface area (Å²) in [6.07, 6.45) is 1.13. The second-order valence-electron chi connectivity index (χ2n) is 3.03. The molecule has 0 amide bonds. The maximum absolute atomic E-state index is 11.0. The number of sulfone groups is 1. The first-order chi connectivity index (χ1) is 6.40. The third-order valence-corrected chi connectivity index (χ3v) is 2.74. The SMILES string of the molecule is CS(=O)(=O)Cc1ccccc1C(=O)S. The molecule has 5 heteroatoms.